The minimum absolute atomic E-state index is 0.198. The van der Waals surface area contributed by atoms with E-state index in [-0.39, 0.29) is 17.2 Å². The quantitative estimate of drug-likeness (QED) is 0.691. The first kappa shape index (κ1) is 16.5. The Bertz CT molecular complexity index is 1020. The molecule has 3 heterocycles. The molecule has 0 aliphatic rings. The van der Waals surface area contributed by atoms with E-state index in [1.165, 1.54) is 9.13 Å². The molecule has 0 aromatic carbocycles. The second kappa shape index (κ2) is 5.94. The van der Waals surface area contributed by atoms with Crippen molar-refractivity contribution in [2.75, 3.05) is 13.7 Å². The fourth-order valence-electron chi connectivity index (χ4n) is 3.04. The summed E-state index contributed by atoms with van der Waals surface area (Å²) >= 11 is 0. The molecule has 130 valence electrons. The molecule has 8 nitrogen and oxygen atoms in total. The van der Waals surface area contributed by atoms with Gasteiger partial charge in [-0.1, -0.05) is 13.8 Å². The predicted molar refractivity (Wildman–Crippen MR) is 91.6 cm³/mol. The average Bonchev–Trinajstić information content (AvgIpc) is 3.02. The molecular formula is C16H23N5O3. The number of methoxy groups -OCH3 is 1. The molecule has 0 atom stereocenters. The van der Waals surface area contributed by atoms with Crippen LogP contribution in [0, 0.1) is 12.8 Å². The van der Waals surface area contributed by atoms with E-state index in [2.05, 4.69) is 4.98 Å². The lowest BCUT2D eigenvalue weighted by Crippen LogP contribution is -2.40. The first-order valence-electron chi connectivity index (χ1n) is 8.03. The smallest absolute Gasteiger partial charge is 0.332 e. The monoisotopic (exact) mass is 333 g/mol. The van der Waals surface area contributed by atoms with Crippen molar-refractivity contribution in [3.63, 3.8) is 0 Å². The SMILES string of the molecule is COCCn1c(C)cn2c3c(=O)n(CC(C)C)c(=O)n(C)c3nc12. The molecule has 24 heavy (non-hydrogen) atoms. The van der Waals surface area contributed by atoms with Gasteiger partial charge in [0, 0.05) is 39.1 Å². The Labute approximate surface area is 138 Å². The molecule has 3 aromatic heterocycles. The van der Waals surface area contributed by atoms with Crippen molar-refractivity contribution in [1.29, 1.82) is 0 Å². The number of fused-ring (bicyclic) bond motifs is 3. The number of nitrogens with zero attached hydrogens (tertiary/aromatic N) is 5. The number of imidazole rings is 2. The van der Waals surface area contributed by atoms with Crippen LogP contribution in [0.3, 0.4) is 0 Å². The highest BCUT2D eigenvalue weighted by atomic mass is 16.5. The molecular weight excluding hydrogens is 310 g/mol. The Morgan fingerprint density at radius 3 is 2.58 bits per heavy atom. The summed E-state index contributed by atoms with van der Waals surface area (Å²) in [4.78, 5) is 30.0. The molecule has 0 saturated carbocycles. The Morgan fingerprint density at radius 1 is 1.25 bits per heavy atom. The van der Waals surface area contributed by atoms with Crippen LogP contribution in [0.1, 0.15) is 19.5 Å². The highest BCUT2D eigenvalue weighted by Gasteiger charge is 2.20. The van der Waals surface area contributed by atoms with Gasteiger partial charge >= 0.3 is 5.69 Å². The van der Waals surface area contributed by atoms with Crippen LogP contribution in [-0.2, 0) is 24.9 Å². The zero-order valence-corrected chi connectivity index (χ0v) is 14.7. The van der Waals surface area contributed by atoms with E-state index in [0.29, 0.717) is 36.6 Å². The van der Waals surface area contributed by atoms with Gasteiger partial charge in [-0.25, -0.2) is 4.79 Å². The zero-order valence-electron chi connectivity index (χ0n) is 14.7. The Hall–Kier alpha value is -2.35. The summed E-state index contributed by atoms with van der Waals surface area (Å²) in [5.74, 6) is 0.846. The molecule has 3 aromatic rings. The molecule has 0 radical (unpaired) electrons. The van der Waals surface area contributed by atoms with E-state index in [1.54, 1.807) is 18.6 Å². The molecule has 0 saturated heterocycles. The Kier molecular flexibility index (Phi) is 4.08. The van der Waals surface area contributed by atoms with E-state index >= 15 is 0 Å². The average molecular weight is 333 g/mol. The van der Waals surface area contributed by atoms with Gasteiger partial charge in [-0.3, -0.25) is 18.3 Å². The summed E-state index contributed by atoms with van der Waals surface area (Å²) in [5.41, 5.74) is 1.21. The summed E-state index contributed by atoms with van der Waals surface area (Å²) in [6, 6.07) is 0. The maximum absolute atomic E-state index is 12.9. The highest BCUT2D eigenvalue weighted by Crippen LogP contribution is 2.16. The van der Waals surface area contributed by atoms with Crippen LogP contribution < -0.4 is 11.2 Å². The third kappa shape index (κ3) is 2.37. The number of aromatic nitrogens is 5. The van der Waals surface area contributed by atoms with Gasteiger partial charge in [0.05, 0.1) is 6.61 Å². The summed E-state index contributed by atoms with van der Waals surface area (Å²) in [6.07, 6.45) is 1.88. The number of rotatable bonds is 5. The van der Waals surface area contributed by atoms with Crippen LogP contribution in [0.2, 0.25) is 0 Å². The highest BCUT2D eigenvalue weighted by molar-refractivity contribution is 5.75. The zero-order chi connectivity index (χ0) is 17.6. The van der Waals surface area contributed by atoms with Crippen LogP contribution >= 0.6 is 0 Å². The van der Waals surface area contributed by atoms with Gasteiger partial charge in [0.1, 0.15) is 0 Å². The topological polar surface area (TPSA) is 75.5 Å². The van der Waals surface area contributed by atoms with Crippen molar-refractivity contribution < 1.29 is 4.74 Å². The van der Waals surface area contributed by atoms with Gasteiger partial charge in [0.25, 0.3) is 5.56 Å². The molecule has 3 rings (SSSR count). The van der Waals surface area contributed by atoms with Gasteiger partial charge in [-0.2, -0.15) is 4.98 Å². The largest absolute Gasteiger partial charge is 0.383 e. The molecule has 0 N–H and O–H groups in total. The van der Waals surface area contributed by atoms with Gasteiger partial charge in [0.2, 0.25) is 5.78 Å². The first-order valence-corrected chi connectivity index (χ1v) is 8.03. The maximum atomic E-state index is 12.9. The third-order valence-electron chi connectivity index (χ3n) is 4.21. The summed E-state index contributed by atoms with van der Waals surface area (Å²) < 4.78 is 11.6. The second-order valence-electron chi connectivity index (χ2n) is 6.52. The number of ether oxygens (including phenoxy) is 1. The molecule has 0 bridgehead atoms. The van der Waals surface area contributed by atoms with Crippen LogP contribution in [0.4, 0.5) is 0 Å². The van der Waals surface area contributed by atoms with E-state index < -0.39 is 0 Å². The first-order chi connectivity index (χ1) is 11.4. The van der Waals surface area contributed by atoms with Gasteiger partial charge in [0.15, 0.2) is 11.2 Å². The van der Waals surface area contributed by atoms with Crippen molar-refractivity contribution in [1.82, 2.24) is 23.1 Å². The molecule has 0 fully saturated rings. The minimum Gasteiger partial charge on any atom is -0.383 e. The van der Waals surface area contributed by atoms with E-state index in [4.69, 9.17) is 4.74 Å². The van der Waals surface area contributed by atoms with Crippen molar-refractivity contribution in [3.8, 4) is 0 Å². The number of aryl methyl sites for hydroxylation is 2. The summed E-state index contributed by atoms with van der Waals surface area (Å²) in [7, 11) is 3.30. The van der Waals surface area contributed by atoms with E-state index in [0.717, 1.165) is 5.69 Å². The third-order valence-corrected chi connectivity index (χ3v) is 4.21. The van der Waals surface area contributed by atoms with Crippen molar-refractivity contribution >= 4 is 16.9 Å². The molecule has 0 spiro atoms. The predicted octanol–water partition coefficient (Wildman–Crippen LogP) is 0.760. The second-order valence-corrected chi connectivity index (χ2v) is 6.52. The van der Waals surface area contributed by atoms with Crippen molar-refractivity contribution in [2.45, 2.75) is 33.9 Å². The van der Waals surface area contributed by atoms with Gasteiger partial charge in [-0.05, 0) is 12.8 Å². The van der Waals surface area contributed by atoms with E-state index in [1.807, 2.05) is 31.5 Å². The van der Waals surface area contributed by atoms with Crippen molar-refractivity contribution in [3.05, 3.63) is 32.7 Å². The van der Waals surface area contributed by atoms with Gasteiger partial charge < -0.3 is 9.30 Å². The standard InChI is InChI=1S/C16H23N5O3/c1-10(2)8-21-14(22)12-13(18(4)16(21)23)17-15-19(6-7-24-5)11(3)9-20(12)15/h9-10H,6-8H2,1-5H3. The molecule has 0 unspecified atom stereocenters. The van der Waals surface area contributed by atoms with Crippen LogP contribution in [0.5, 0.6) is 0 Å². The van der Waals surface area contributed by atoms with Gasteiger partial charge in [-0.15, -0.1) is 0 Å². The molecule has 0 aliphatic carbocycles. The summed E-state index contributed by atoms with van der Waals surface area (Å²) in [6.45, 7) is 7.49. The van der Waals surface area contributed by atoms with Crippen LogP contribution in [0.25, 0.3) is 16.9 Å². The lowest BCUT2D eigenvalue weighted by atomic mass is 10.2. The molecule has 0 aliphatic heterocycles. The Balaban J connectivity index is 2.37. The lowest BCUT2D eigenvalue weighted by molar-refractivity contribution is 0.187. The minimum atomic E-state index is -0.331. The van der Waals surface area contributed by atoms with Crippen LogP contribution in [-0.4, -0.2) is 36.8 Å². The fraction of sp³-hybridized carbons (Fsp3) is 0.562. The maximum Gasteiger partial charge on any atom is 0.332 e. The van der Waals surface area contributed by atoms with Crippen LogP contribution in [0.15, 0.2) is 15.8 Å². The Morgan fingerprint density at radius 2 is 1.96 bits per heavy atom. The lowest BCUT2D eigenvalue weighted by Gasteiger charge is -2.09. The molecule has 0 amide bonds. The normalized spacial score (nSPS) is 12.1. The van der Waals surface area contributed by atoms with E-state index in [9.17, 15) is 9.59 Å². The van der Waals surface area contributed by atoms with Crippen molar-refractivity contribution in [2.24, 2.45) is 13.0 Å². The fourth-order valence-corrected chi connectivity index (χ4v) is 3.04. The number of hydrogen-bond acceptors (Lipinski definition) is 4. The summed E-state index contributed by atoms with van der Waals surface area (Å²) in [5, 5.41) is 0. The number of hydrogen-bond donors (Lipinski definition) is 0. The molecule has 8 heteroatoms.